The van der Waals surface area contributed by atoms with Crippen LogP contribution in [0.2, 0.25) is 0 Å². The van der Waals surface area contributed by atoms with Gasteiger partial charge < -0.3 is 24.7 Å². The van der Waals surface area contributed by atoms with Gasteiger partial charge in [-0.2, -0.15) is 0 Å². The molecule has 3 N–H and O–H groups in total. The Morgan fingerprint density at radius 3 is 2.71 bits per heavy atom. The van der Waals surface area contributed by atoms with E-state index in [2.05, 4.69) is 14.6 Å². The highest BCUT2D eigenvalue weighted by Gasteiger charge is 2.23. The van der Waals surface area contributed by atoms with Crippen molar-refractivity contribution in [1.29, 1.82) is 0 Å². The number of methoxy groups -OCH3 is 1. The van der Waals surface area contributed by atoms with Crippen molar-refractivity contribution in [3.8, 4) is 0 Å². The third-order valence-electron chi connectivity index (χ3n) is 4.20. The van der Waals surface area contributed by atoms with Crippen molar-refractivity contribution in [2.45, 2.75) is 45.4 Å². The van der Waals surface area contributed by atoms with Gasteiger partial charge in [0.05, 0.1) is 6.10 Å². The molecule has 154 valence electrons. The summed E-state index contributed by atoms with van der Waals surface area (Å²) in [6.45, 7) is 8.50. The standard InChI is InChI=1S/C14H17N3O4.C5H10O2/c1-20-9-2-3-17(7-9)6-8-4-10-12(16-5-8)11(14(18)19)13(15)21-10;1-5(2,3)7-4-6/h4-5,9H,2-3,6-7,15H2,1H3,(H,18,19);4H,1-3H3. The summed E-state index contributed by atoms with van der Waals surface area (Å²) in [7, 11) is 1.72. The van der Waals surface area contributed by atoms with Gasteiger partial charge in [0.25, 0.3) is 6.47 Å². The van der Waals surface area contributed by atoms with E-state index in [1.165, 1.54) is 0 Å². The van der Waals surface area contributed by atoms with Gasteiger partial charge in [-0.3, -0.25) is 14.7 Å². The summed E-state index contributed by atoms with van der Waals surface area (Å²) in [6.07, 6.45) is 2.96. The Morgan fingerprint density at radius 1 is 1.50 bits per heavy atom. The number of rotatable bonds is 5. The summed E-state index contributed by atoms with van der Waals surface area (Å²) in [5, 5.41) is 9.11. The number of anilines is 1. The number of nitrogens with two attached hydrogens (primary N) is 1. The number of hydrogen-bond acceptors (Lipinski definition) is 8. The zero-order valence-corrected chi connectivity index (χ0v) is 16.6. The molecule has 28 heavy (non-hydrogen) atoms. The molecule has 0 radical (unpaired) electrons. The van der Waals surface area contributed by atoms with E-state index in [9.17, 15) is 9.59 Å². The summed E-state index contributed by atoms with van der Waals surface area (Å²) in [5.41, 5.74) is 6.86. The van der Waals surface area contributed by atoms with Crippen LogP contribution >= 0.6 is 0 Å². The lowest BCUT2D eigenvalue weighted by Crippen LogP contribution is -2.22. The minimum Gasteiger partial charge on any atom is -0.477 e. The van der Waals surface area contributed by atoms with Gasteiger partial charge in [0.15, 0.2) is 5.58 Å². The highest BCUT2D eigenvalue weighted by molar-refractivity contribution is 6.05. The fraction of sp³-hybridized carbons (Fsp3) is 0.526. The summed E-state index contributed by atoms with van der Waals surface area (Å²) >= 11 is 0. The van der Waals surface area contributed by atoms with Gasteiger partial charge in [-0.1, -0.05) is 0 Å². The number of fused-ring (bicyclic) bond motifs is 1. The van der Waals surface area contributed by atoms with Gasteiger partial charge in [0.1, 0.15) is 16.7 Å². The molecule has 0 amide bonds. The van der Waals surface area contributed by atoms with Crippen molar-refractivity contribution in [2.24, 2.45) is 0 Å². The van der Waals surface area contributed by atoms with Gasteiger partial charge in [-0.25, -0.2) is 4.79 Å². The molecule has 1 atom stereocenters. The van der Waals surface area contributed by atoms with Crippen LogP contribution in [0.5, 0.6) is 0 Å². The molecule has 9 nitrogen and oxygen atoms in total. The first-order valence-corrected chi connectivity index (χ1v) is 8.91. The number of carbonyl (C=O) groups excluding carboxylic acids is 1. The number of nitrogens with zero attached hydrogens (tertiary/aromatic N) is 2. The summed E-state index contributed by atoms with van der Waals surface area (Å²) in [4.78, 5) is 27.2. The van der Waals surface area contributed by atoms with Crippen LogP contribution < -0.4 is 5.73 Å². The number of pyridine rings is 1. The van der Waals surface area contributed by atoms with Gasteiger partial charge in [0.2, 0.25) is 5.88 Å². The Balaban J connectivity index is 0.000000345. The molecule has 0 bridgehead atoms. The number of ether oxygens (including phenoxy) is 2. The van der Waals surface area contributed by atoms with E-state index in [-0.39, 0.29) is 23.2 Å². The smallest absolute Gasteiger partial charge is 0.343 e. The Bertz CT molecular complexity index is 827. The Morgan fingerprint density at radius 2 is 2.21 bits per heavy atom. The van der Waals surface area contributed by atoms with Gasteiger partial charge >= 0.3 is 5.97 Å². The third-order valence-corrected chi connectivity index (χ3v) is 4.20. The number of carboxylic acids is 1. The van der Waals surface area contributed by atoms with Crippen LogP contribution in [-0.2, 0) is 20.8 Å². The van der Waals surface area contributed by atoms with Crippen LogP contribution in [0.15, 0.2) is 16.7 Å². The predicted octanol–water partition coefficient (Wildman–Crippen LogP) is 2.29. The lowest BCUT2D eigenvalue weighted by molar-refractivity contribution is -0.138. The molecule has 3 heterocycles. The highest BCUT2D eigenvalue weighted by Crippen LogP contribution is 2.27. The van der Waals surface area contributed by atoms with E-state index in [0.29, 0.717) is 17.6 Å². The van der Waals surface area contributed by atoms with Crippen molar-refractivity contribution < 1.29 is 28.6 Å². The topological polar surface area (TPSA) is 128 Å². The average molecular weight is 393 g/mol. The van der Waals surface area contributed by atoms with E-state index < -0.39 is 5.97 Å². The average Bonchev–Trinajstić information content (AvgIpc) is 3.16. The SMILES string of the molecule is CC(C)(C)OC=O.COC1CCN(Cc2cnc3c(C(=O)O)c(N)oc3c2)C1. The molecular formula is C19H27N3O6. The molecule has 2 aromatic heterocycles. The van der Waals surface area contributed by atoms with Crippen LogP contribution in [0.25, 0.3) is 11.1 Å². The van der Waals surface area contributed by atoms with Gasteiger partial charge in [0, 0.05) is 32.9 Å². The fourth-order valence-corrected chi connectivity index (χ4v) is 2.87. The zero-order valence-electron chi connectivity index (χ0n) is 16.6. The van der Waals surface area contributed by atoms with Gasteiger partial charge in [-0.15, -0.1) is 0 Å². The fourth-order valence-electron chi connectivity index (χ4n) is 2.87. The summed E-state index contributed by atoms with van der Waals surface area (Å²) in [5.74, 6) is -1.24. The minimum atomic E-state index is -1.13. The maximum atomic E-state index is 11.1. The molecule has 0 saturated carbocycles. The Hall–Kier alpha value is -2.65. The Labute approximate surface area is 163 Å². The van der Waals surface area contributed by atoms with E-state index in [1.807, 2.05) is 20.8 Å². The van der Waals surface area contributed by atoms with E-state index in [4.69, 9.17) is 20.0 Å². The number of carbonyl (C=O) groups is 2. The van der Waals surface area contributed by atoms with E-state index in [0.717, 1.165) is 31.6 Å². The normalized spacial score (nSPS) is 17.2. The van der Waals surface area contributed by atoms with Crippen molar-refractivity contribution in [3.05, 3.63) is 23.4 Å². The van der Waals surface area contributed by atoms with Crippen LogP contribution in [0.3, 0.4) is 0 Å². The number of aromatic nitrogens is 1. The maximum Gasteiger partial charge on any atom is 0.343 e. The van der Waals surface area contributed by atoms with Crippen LogP contribution in [0.1, 0.15) is 43.1 Å². The van der Waals surface area contributed by atoms with Crippen molar-refractivity contribution in [1.82, 2.24) is 9.88 Å². The van der Waals surface area contributed by atoms with Crippen molar-refractivity contribution in [2.75, 3.05) is 25.9 Å². The molecule has 0 aliphatic carbocycles. The second-order valence-electron chi connectivity index (χ2n) is 7.54. The minimum absolute atomic E-state index is 0.0721. The van der Waals surface area contributed by atoms with Gasteiger partial charge in [-0.05, 0) is 38.8 Å². The molecule has 2 aromatic rings. The highest BCUT2D eigenvalue weighted by atomic mass is 16.5. The largest absolute Gasteiger partial charge is 0.477 e. The zero-order chi connectivity index (χ0) is 20.9. The first-order chi connectivity index (χ1) is 13.1. The summed E-state index contributed by atoms with van der Waals surface area (Å²) in [6, 6.07) is 1.80. The maximum absolute atomic E-state index is 11.1. The molecule has 1 fully saturated rings. The van der Waals surface area contributed by atoms with Crippen molar-refractivity contribution >= 4 is 29.4 Å². The quantitative estimate of drug-likeness (QED) is 0.735. The van der Waals surface area contributed by atoms with Crippen LogP contribution in [0.4, 0.5) is 5.88 Å². The molecule has 9 heteroatoms. The van der Waals surface area contributed by atoms with Crippen LogP contribution in [-0.4, -0.2) is 59.3 Å². The van der Waals surface area contributed by atoms with E-state index in [1.54, 1.807) is 19.4 Å². The lowest BCUT2D eigenvalue weighted by atomic mass is 10.2. The van der Waals surface area contributed by atoms with E-state index >= 15 is 0 Å². The molecule has 1 aliphatic rings. The summed E-state index contributed by atoms with van der Waals surface area (Å²) < 4.78 is 15.2. The first-order valence-electron chi connectivity index (χ1n) is 8.91. The predicted molar refractivity (Wildman–Crippen MR) is 103 cm³/mol. The molecule has 1 unspecified atom stereocenters. The molecular weight excluding hydrogens is 366 g/mol. The van der Waals surface area contributed by atoms with Crippen LogP contribution in [0, 0.1) is 0 Å². The number of nitrogen functional groups attached to an aromatic ring is 1. The molecule has 1 saturated heterocycles. The molecule has 0 spiro atoms. The second-order valence-corrected chi connectivity index (χ2v) is 7.54. The molecule has 0 aromatic carbocycles. The lowest BCUT2D eigenvalue weighted by Gasteiger charge is -2.15. The molecule has 1 aliphatic heterocycles. The third kappa shape index (κ3) is 5.67. The number of likely N-dealkylation sites (tertiary alicyclic amines) is 1. The van der Waals surface area contributed by atoms with Crippen molar-refractivity contribution in [3.63, 3.8) is 0 Å². The number of aromatic carboxylic acids is 1. The second kappa shape index (κ2) is 9.03. The first kappa shape index (κ1) is 21.6. The number of furan rings is 1. The number of carboxylic acid groups (broad SMARTS) is 1. The molecule has 3 rings (SSSR count). The number of hydrogen-bond donors (Lipinski definition) is 2. The Kier molecular flexibility index (Phi) is 6.98. The monoisotopic (exact) mass is 393 g/mol.